The zero-order chi connectivity index (χ0) is 16.7. The van der Waals surface area contributed by atoms with E-state index in [1.165, 1.54) is 0 Å². The van der Waals surface area contributed by atoms with E-state index in [1.54, 1.807) is 14.2 Å². The first-order chi connectivity index (χ1) is 11.2. The summed E-state index contributed by atoms with van der Waals surface area (Å²) < 4.78 is 16.4. The van der Waals surface area contributed by atoms with Crippen molar-refractivity contribution in [1.29, 1.82) is 0 Å². The van der Waals surface area contributed by atoms with Crippen molar-refractivity contribution >= 4 is 0 Å². The number of rotatable bonds is 9. The number of aromatic nitrogens is 2. The quantitative estimate of drug-likeness (QED) is 0.706. The number of methoxy groups -OCH3 is 2. The molecule has 2 aromatic rings. The van der Waals surface area contributed by atoms with Crippen molar-refractivity contribution in [3.63, 3.8) is 0 Å². The molecule has 1 aromatic carbocycles. The molecule has 0 aliphatic heterocycles. The maximum absolute atomic E-state index is 5.81. The summed E-state index contributed by atoms with van der Waals surface area (Å²) in [7, 11) is 3.21. The van der Waals surface area contributed by atoms with E-state index in [2.05, 4.69) is 28.9 Å². The monoisotopic (exact) mass is 319 g/mol. The fourth-order valence-electron chi connectivity index (χ4n) is 2.50. The lowest BCUT2D eigenvalue weighted by Crippen LogP contribution is -2.25. The van der Waals surface area contributed by atoms with Crippen molar-refractivity contribution in [2.75, 3.05) is 27.3 Å². The van der Waals surface area contributed by atoms with E-state index >= 15 is 0 Å². The molecule has 6 heteroatoms. The second-order valence-corrected chi connectivity index (χ2v) is 5.35. The summed E-state index contributed by atoms with van der Waals surface area (Å²) >= 11 is 0. The van der Waals surface area contributed by atoms with Crippen LogP contribution in [0, 0.1) is 0 Å². The maximum Gasteiger partial charge on any atom is 0.247 e. The SMILES string of the molecule is CCCN(CCC)Cc1nnc(-c2ccc(OC)c(OC)c2)o1. The van der Waals surface area contributed by atoms with E-state index in [0.717, 1.165) is 31.5 Å². The molecule has 0 spiro atoms. The first kappa shape index (κ1) is 17.3. The van der Waals surface area contributed by atoms with E-state index in [-0.39, 0.29) is 0 Å². The Hall–Kier alpha value is -2.08. The predicted octanol–water partition coefficient (Wildman–Crippen LogP) is 3.38. The van der Waals surface area contributed by atoms with Crippen LogP contribution in [0.4, 0.5) is 0 Å². The largest absolute Gasteiger partial charge is 0.493 e. The van der Waals surface area contributed by atoms with Crippen LogP contribution < -0.4 is 9.47 Å². The van der Waals surface area contributed by atoms with Gasteiger partial charge in [0.2, 0.25) is 11.8 Å². The maximum atomic E-state index is 5.81. The topological polar surface area (TPSA) is 60.6 Å². The Kier molecular flexibility index (Phi) is 6.40. The van der Waals surface area contributed by atoms with Gasteiger partial charge in [-0.25, -0.2) is 0 Å². The van der Waals surface area contributed by atoms with E-state index in [9.17, 15) is 0 Å². The van der Waals surface area contributed by atoms with Crippen molar-refractivity contribution in [3.8, 4) is 23.0 Å². The van der Waals surface area contributed by atoms with Crippen LogP contribution in [0.1, 0.15) is 32.6 Å². The van der Waals surface area contributed by atoms with Crippen molar-refractivity contribution in [3.05, 3.63) is 24.1 Å². The summed E-state index contributed by atoms with van der Waals surface area (Å²) in [4.78, 5) is 2.33. The second kappa shape index (κ2) is 8.53. The average Bonchev–Trinajstić information content (AvgIpc) is 3.03. The minimum atomic E-state index is 0.494. The minimum absolute atomic E-state index is 0.494. The van der Waals surface area contributed by atoms with E-state index in [0.29, 0.717) is 29.8 Å². The average molecular weight is 319 g/mol. The lowest BCUT2D eigenvalue weighted by molar-refractivity contribution is 0.240. The Balaban J connectivity index is 2.15. The highest BCUT2D eigenvalue weighted by Crippen LogP contribution is 2.31. The summed E-state index contributed by atoms with van der Waals surface area (Å²) in [5, 5.41) is 8.32. The van der Waals surface area contributed by atoms with Crippen LogP contribution in [-0.4, -0.2) is 42.4 Å². The van der Waals surface area contributed by atoms with Crippen molar-refractivity contribution in [2.45, 2.75) is 33.2 Å². The molecule has 0 aliphatic rings. The van der Waals surface area contributed by atoms with Crippen LogP contribution in [0.25, 0.3) is 11.5 Å². The molecule has 6 nitrogen and oxygen atoms in total. The van der Waals surface area contributed by atoms with E-state index < -0.39 is 0 Å². The molecule has 0 N–H and O–H groups in total. The minimum Gasteiger partial charge on any atom is -0.493 e. The molecule has 1 aromatic heterocycles. The van der Waals surface area contributed by atoms with Crippen molar-refractivity contribution in [1.82, 2.24) is 15.1 Å². The summed E-state index contributed by atoms with van der Waals surface area (Å²) in [6.45, 7) is 7.09. The summed E-state index contributed by atoms with van der Waals surface area (Å²) in [6, 6.07) is 5.55. The molecule has 0 fully saturated rings. The third-order valence-corrected chi connectivity index (χ3v) is 3.54. The lowest BCUT2D eigenvalue weighted by Gasteiger charge is -2.18. The van der Waals surface area contributed by atoms with Crippen molar-refractivity contribution < 1.29 is 13.9 Å². The molecule has 0 atom stereocenters. The zero-order valence-electron chi connectivity index (χ0n) is 14.3. The van der Waals surface area contributed by atoms with Crippen LogP contribution in [0.3, 0.4) is 0 Å². The van der Waals surface area contributed by atoms with Gasteiger partial charge in [-0.1, -0.05) is 13.8 Å². The number of hydrogen-bond acceptors (Lipinski definition) is 6. The molecule has 0 radical (unpaired) electrons. The molecule has 2 rings (SSSR count). The molecule has 23 heavy (non-hydrogen) atoms. The Morgan fingerprint density at radius 2 is 1.70 bits per heavy atom. The Morgan fingerprint density at radius 3 is 2.30 bits per heavy atom. The smallest absolute Gasteiger partial charge is 0.247 e. The molecule has 0 amide bonds. The van der Waals surface area contributed by atoms with Gasteiger partial charge < -0.3 is 13.9 Å². The molecular formula is C17H25N3O3. The number of ether oxygens (including phenoxy) is 2. The molecule has 0 saturated carbocycles. The summed E-state index contributed by atoms with van der Waals surface area (Å²) in [6.07, 6.45) is 2.22. The van der Waals surface area contributed by atoms with Gasteiger partial charge in [-0.15, -0.1) is 10.2 Å². The normalized spacial score (nSPS) is 11.0. The van der Waals surface area contributed by atoms with Crippen LogP contribution in [0.15, 0.2) is 22.6 Å². The fraction of sp³-hybridized carbons (Fsp3) is 0.529. The van der Waals surface area contributed by atoms with Crippen LogP contribution in [0.5, 0.6) is 11.5 Å². The van der Waals surface area contributed by atoms with Gasteiger partial charge in [0, 0.05) is 5.56 Å². The van der Waals surface area contributed by atoms with Gasteiger partial charge in [-0.2, -0.15) is 0 Å². The highest BCUT2D eigenvalue weighted by molar-refractivity contribution is 5.59. The van der Waals surface area contributed by atoms with Gasteiger partial charge in [0.25, 0.3) is 0 Å². The Morgan fingerprint density at radius 1 is 1.00 bits per heavy atom. The molecule has 1 heterocycles. The summed E-state index contributed by atoms with van der Waals surface area (Å²) in [5.41, 5.74) is 0.818. The van der Waals surface area contributed by atoms with Gasteiger partial charge in [0.15, 0.2) is 11.5 Å². The number of benzene rings is 1. The Labute approximate surface area is 137 Å². The van der Waals surface area contributed by atoms with Crippen LogP contribution in [-0.2, 0) is 6.54 Å². The van der Waals surface area contributed by atoms with Crippen LogP contribution in [0.2, 0.25) is 0 Å². The number of nitrogens with zero attached hydrogens (tertiary/aromatic N) is 3. The first-order valence-corrected chi connectivity index (χ1v) is 7.98. The molecule has 0 bridgehead atoms. The van der Waals surface area contributed by atoms with E-state index in [4.69, 9.17) is 13.9 Å². The molecular weight excluding hydrogens is 294 g/mol. The fourth-order valence-corrected chi connectivity index (χ4v) is 2.50. The second-order valence-electron chi connectivity index (χ2n) is 5.35. The number of hydrogen-bond donors (Lipinski definition) is 0. The third-order valence-electron chi connectivity index (χ3n) is 3.54. The van der Waals surface area contributed by atoms with Gasteiger partial charge in [0.1, 0.15) is 0 Å². The summed E-state index contributed by atoms with van der Waals surface area (Å²) in [5.74, 6) is 2.45. The zero-order valence-corrected chi connectivity index (χ0v) is 14.3. The van der Waals surface area contributed by atoms with Crippen LogP contribution >= 0.6 is 0 Å². The van der Waals surface area contributed by atoms with Crippen molar-refractivity contribution in [2.24, 2.45) is 0 Å². The lowest BCUT2D eigenvalue weighted by atomic mass is 10.2. The molecule has 0 aliphatic carbocycles. The highest BCUT2D eigenvalue weighted by Gasteiger charge is 2.14. The molecule has 126 valence electrons. The van der Waals surface area contributed by atoms with Gasteiger partial charge in [-0.3, -0.25) is 4.90 Å². The van der Waals surface area contributed by atoms with E-state index in [1.807, 2.05) is 18.2 Å². The highest BCUT2D eigenvalue weighted by atomic mass is 16.5. The predicted molar refractivity (Wildman–Crippen MR) is 88.7 cm³/mol. The van der Waals surface area contributed by atoms with Gasteiger partial charge in [-0.05, 0) is 44.1 Å². The third kappa shape index (κ3) is 4.45. The Bertz CT molecular complexity index is 607. The first-order valence-electron chi connectivity index (χ1n) is 7.98. The van der Waals surface area contributed by atoms with Gasteiger partial charge in [0.05, 0.1) is 20.8 Å². The van der Waals surface area contributed by atoms with Gasteiger partial charge >= 0.3 is 0 Å². The standard InChI is InChI=1S/C17H25N3O3/c1-5-9-20(10-6-2)12-16-18-19-17(23-16)13-7-8-14(21-3)15(11-13)22-4/h7-8,11H,5-6,9-10,12H2,1-4H3. The molecule has 0 unspecified atom stereocenters. The molecule has 0 saturated heterocycles.